The summed E-state index contributed by atoms with van der Waals surface area (Å²) in [5, 5.41) is 18.1. The summed E-state index contributed by atoms with van der Waals surface area (Å²) in [6.07, 6.45) is 3.36. The second kappa shape index (κ2) is 7.65. The topological polar surface area (TPSA) is 60.2 Å². The molecule has 1 unspecified atom stereocenters. The molecule has 0 bridgehead atoms. The van der Waals surface area contributed by atoms with Gasteiger partial charge in [-0.1, -0.05) is 25.1 Å². The third kappa shape index (κ3) is 4.96. The van der Waals surface area contributed by atoms with E-state index < -0.39 is 6.10 Å². The predicted octanol–water partition coefficient (Wildman–Crippen LogP) is 1.08. The summed E-state index contributed by atoms with van der Waals surface area (Å²) in [7, 11) is 1.88. The van der Waals surface area contributed by atoms with Gasteiger partial charge in [0.25, 0.3) is 0 Å². The maximum absolute atomic E-state index is 9.63. The van der Waals surface area contributed by atoms with E-state index in [1.807, 2.05) is 11.6 Å². The molecule has 0 aromatic carbocycles. The first-order valence-electron chi connectivity index (χ1n) is 5.46. The van der Waals surface area contributed by atoms with E-state index in [0.717, 1.165) is 24.6 Å². The lowest BCUT2D eigenvalue weighted by molar-refractivity contribution is 0.0473. The van der Waals surface area contributed by atoms with Gasteiger partial charge in [0.1, 0.15) is 6.33 Å². The van der Waals surface area contributed by atoms with Crippen LogP contribution in [0.15, 0.2) is 11.5 Å². The maximum atomic E-state index is 9.63. The van der Waals surface area contributed by atoms with Gasteiger partial charge in [-0.25, -0.2) is 0 Å². The van der Waals surface area contributed by atoms with E-state index in [9.17, 15) is 5.11 Å². The van der Waals surface area contributed by atoms with Gasteiger partial charge in [0, 0.05) is 19.4 Å². The first-order chi connectivity index (χ1) is 7.74. The molecule has 0 saturated carbocycles. The molecule has 0 aliphatic heterocycles. The van der Waals surface area contributed by atoms with Crippen LogP contribution in [0.1, 0.15) is 19.8 Å². The monoisotopic (exact) mass is 245 g/mol. The summed E-state index contributed by atoms with van der Waals surface area (Å²) in [5.41, 5.74) is 0. The Bertz CT molecular complexity index is 293. The summed E-state index contributed by atoms with van der Waals surface area (Å²) in [6, 6.07) is 0. The molecule has 0 spiro atoms. The average molecular weight is 245 g/mol. The van der Waals surface area contributed by atoms with Gasteiger partial charge in [0.05, 0.1) is 12.7 Å². The zero-order chi connectivity index (χ0) is 11.8. The summed E-state index contributed by atoms with van der Waals surface area (Å²) >= 11 is 1.48. The van der Waals surface area contributed by atoms with Crippen molar-refractivity contribution < 1.29 is 9.84 Å². The average Bonchev–Trinajstić information content (AvgIpc) is 2.67. The van der Waals surface area contributed by atoms with E-state index in [0.29, 0.717) is 12.4 Å². The minimum absolute atomic E-state index is 0.394. The van der Waals surface area contributed by atoms with Crippen LogP contribution < -0.4 is 0 Å². The normalized spacial score (nSPS) is 12.9. The van der Waals surface area contributed by atoms with Crippen molar-refractivity contribution in [1.82, 2.24) is 14.8 Å². The number of aliphatic hydroxyl groups is 1. The van der Waals surface area contributed by atoms with Crippen LogP contribution >= 0.6 is 11.8 Å². The zero-order valence-corrected chi connectivity index (χ0v) is 10.6. The minimum atomic E-state index is -0.446. The molecule has 1 N–H and O–H groups in total. The molecule has 0 amide bonds. The molecule has 92 valence electrons. The molecule has 0 fully saturated rings. The van der Waals surface area contributed by atoms with Crippen molar-refractivity contribution >= 4 is 11.8 Å². The van der Waals surface area contributed by atoms with E-state index in [1.165, 1.54) is 11.8 Å². The predicted molar refractivity (Wildman–Crippen MR) is 63.5 cm³/mol. The third-order valence-electron chi connectivity index (χ3n) is 2.03. The molecule has 0 aliphatic carbocycles. The van der Waals surface area contributed by atoms with Crippen LogP contribution in [-0.2, 0) is 11.8 Å². The fourth-order valence-electron chi connectivity index (χ4n) is 1.09. The number of ether oxygens (including phenoxy) is 1. The van der Waals surface area contributed by atoms with Crippen molar-refractivity contribution in [2.45, 2.75) is 31.0 Å². The van der Waals surface area contributed by atoms with Gasteiger partial charge in [0.15, 0.2) is 5.16 Å². The van der Waals surface area contributed by atoms with Crippen molar-refractivity contribution in [3.05, 3.63) is 6.33 Å². The van der Waals surface area contributed by atoms with Gasteiger partial charge in [0.2, 0.25) is 0 Å². The maximum Gasteiger partial charge on any atom is 0.190 e. The zero-order valence-electron chi connectivity index (χ0n) is 9.80. The Morgan fingerprint density at radius 1 is 1.62 bits per heavy atom. The number of aryl methyl sites for hydroxylation is 1. The number of hydrogen-bond donors (Lipinski definition) is 1. The van der Waals surface area contributed by atoms with Crippen LogP contribution in [0.25, 0.3) is 0 Å². The Kier molecular flexibility index (Phi) is 6.44. The van der Waals surface area contributed by atoms with Gasteiger partial charge in [-0.2, -0.15) is 0 Å². The standard InChI is InChI=1S/C10H19N3O2S/c1-3-4-5-15-6-9(14)7-16-10-12-11-8-13(10)2/h8-9,14H,3-7H2,1-2H3. The Morgan fingerprint density at radius 2 is 2.44 bits per heavy atom. The van der Waals surface area contributed by atoms with E-state index in [-0.39, 0.29) is 0 Å². The molecule has 1 aromatic heterocycles. The summed E-state index contributed by atoms with van der Waals surface area (Å²) in [4.78, 5) is 0. The molecular formula is C10H19N3O2S. The number of nitrogens with zero attached hydrogens (tertiary/aromatic N) is 3. The highest BCUT2D eigenvalue weighted by Crippen LogP contribution is 2.14. The lowest BCUT2D eigenvalue weighted by atomic mass is 10.3. The molecule has 16 heavy (non-hydrogen) atoms. The Hall–Kier alpha value is -0.590. The number of thioether (sulfide) groups is 1. The van der Waals surface area contributed by atoms with Gasteiger partial charge in [-0.3, -0.25) is 0 Å². The Labute approximate surface area is 100 Å². The molecule has 5 nitrogen and oxygen atoms in total. The molecule has 0 radical (unpaired) electrons. The van der Waals surface area contributed by atoms with Crippen LogP contribution in [0.5, 0.6) is 0 Å². The molecule has 1 atom stereocenters. The van der Waals surface area contributed by atoms with E-state index in [2.05, 4.69) is 17.1 Å². The second-order valence-corrected chi connectivity index (χ2v) is 4.60. The van der Waals surface area contributed by atoms with Gasteiger partial charge in [-0.05, 0) is 6.42 Å². The molecule has 6 heteroatoms. The number of aromatic nitrogens is 3. The van der Waals surface area contributed by atoms with Crippen LogP contribution in [0.3, 0.4) is 0 Å². The van der Waals surface area contributed by atoms with Crippen molar-refractivity contribution in [3.63, 3.8) is 0 Å². The molecule has 1 heterocycles. The Morgan fingerprint density at radius 3 is 3.06 bits per heavy atom. The first kappa shape index (κ1) is 13.5. The quantitative estimate of drug-likeness (QED) is 0.548. The smallest absolute Gasteiger partial charge is 0.190 e. The highest BCUT2D eigenvalue weighted by atomic mass is 32.2. The highest BCUT2D eigenvalue weighted by Gasteiger charge is 2.08. The fourth-order valence-corrected chi connectivity index (χ4v) is 1.88. The van der Waals surface area contributed by atoms with Crippen LogP contribution in [0.2, 0.25) is 0 Å². The number of aliphatic hydroxyl groups excluding tert-OH is 1. The van der Waals surface area contributed by atoms with Crippen LogP contribution in [0, 0.1) is 0 Å². The van der Waals surface area contributed by atoms with Crippen molar-refractivity contribution in [1.29, 1.82) is 0 Å². The van der Waals surface area contributed by atoms with Crippen LogP contribution in [0.4, 0.5) is 0 Å². The fraction of sp³-hybridized carbons (Fsp3) is 0.800. The highest BCUT2D eigenvalue weighted by molar-refractivity contribution is 7.99. The lowest BCUT2D eigenvalue weighted by Gasteiger charge is -2.10. The lowest BCUT2D eigenvalue weighted by Crippen LogP contribution is -2.18. The molecule has 1 rings (SSSR count). The number of rotatable bonds is 8. The van der Waals surface area contributed by atoms with E-state index >= 15 is 0 Å². The van der Waals surface area contributed by atoms with Gasteiger partial charge in [-0.15, -0.1) is 10.2 Å². The molecule has 1 aromatic rings. The molecule has 0 aliphatic rings. The van der Waals surface area contributed by atoms with Crippen molar-refractivity contribution in [3.8, 4) is 0 Å². The largest absolute Gasteiger partial charge is 0.390 e. The molecule has 0 saturated heterocycles. The SMILES string of the molecule is CCCCOCC(O)CSc1nncn1C. The minimum Gasteiger partial charge on any atom is -0.390 e. The second-order valence-electron chi connectivity index (χ2n) is 3.62. The first-order valence-corrected chi connectivity index (χ1v) is 6.45. The van der Waals surface area contributed by atoms with Crippen molar-refractivity contribution in [2.75, 3.05) is 19.0 Å². The number of hydrogen-bond acceptors (Lipinski definition) is 5. The third-order valence-corrected chi connectivity index (χ3v) is 3.21. The Balaban J connectivity index is 2.10. The summed E-state index contributed by atoms with van der Waals surface area (Å²) in [6.45, 7) is 3.23. The van der Waals surface area contributed by atoms with Gasteiger partial charge >= 0.3 is 0 Å². The molecular weight excluding hydrogens is 226 g/mol. The van der Waals surface area contributed by atoms with Crippen molar-refractivity contribution in [2.24, 2.45) is 7.05 Å². The number of unbranched alkanes of at least 4 members (excludes halogenated alkanes) is 1. The van der Waals surface area contributed by atoms with Crippen LogP contribution in [-0.4, -0.2) is 44.9 Å². The van der Waals surface area contributed by atoms with E-state index in [4.69, 9.17) is 4.74 Å². The van der Waals surface area contributed by atoms with E-state index in [1.54, 1.807) is 6.33 Å². The summed E-state index contributed by atoms with van der Waals surface area (Å²) < 4.78 is 7.16. The summed E-state index contributed by atoms with van der Waals surface area (Å²) in [5.74, 6) is 0.582. The van der Waals surface area contributed by atoms with Gasteiger partial charge < -0.3 is 14.4 Å².